The van der Waals surface area contributed by atoms with E-state index in [0.29, 0.717) is 31.0 Å². The van der Waals surface area contributed by atoms with Gasteiger partial charge in [-0.05, 0) is 61.9 Å². The number of hydrogen-bond donors (Lipinski definition) is 1. The van der Waals surface area contributed by atoms with Crippen LogP contribution in [0.2, 0.25) is 5.02 Å². The van der Waals surface area contributed by atoms with E-state index in [1.54, 1.807) is 12.1 Å². The van der Waals surface area contributed by atoms with Crippen LogP contribution in [0.5, 0.6) is 0 Å². The van der Waals surface area contributed by atoms with Gasteiger partial charge in [0.15, 0.2) is 0 Å². The average Bonchev–Trinajstić information content (AvgIpc) is 3.30. The van der Waals surface area contributed by atoms with Crippen molar-refractivity contribution in [1.29, 1.82) is 0 Å². The van der Waals surface area contributed by atoms with Crippen molar-refractivity contribution in [2.75, 3.05) is 44.7 Å². The van der Waals surface area contributed by atoms with E-state index in [0.717, 1.165) is 31.7 Å². The van der Waals surface area contributed by atoms with Gasteiger partial charge >= 0.3 is 0 Å². The second-order valence-corrected chi connectivity index (χ2v) is 10.7. The van der Waals surface area contributed by atoms with Gasteiger partial charge in [0.25, 0.3) is 0 Å². The van der Waals surface area contributed by atoms with Crippen molar-refractivity contribution in [3.63, 3.8) is 0 Å². The Kier molecular flexibility index (Phi) is 7.05. The lowest BCUT2D eigenvalue weighted by Gasteiger charge is -2.34. The van der Waals surface area contributed by atoms with Crippen LogP contribution in [0.15, 0.2) is 53.4 Å². The summed E-state index contributed by atoms with van der Waals surface area (Å²) in [5, 5.41) is 3.39. The molecule has 0 aromatic heterocycles. The largest absolute Gasteiger partial charge is 0.369 e. The van der Waals surface area contributed by atoms with Crippen LogP contribution in [0.1, 0.15) is 18.4 Å². The molecule has 7 nitrogen and oxygen atoms in total. The van der Waals surface area contributed by atoms with Crippen molar-refractivity contribution in [2.45, 2.75) is 30.3 Å². The topological polar surface area (TPSA) is 73.0 Å². The predicted octanol–water partition coefficient (Wildman–Crippen LogP) is 2.56. The highest BCUT2D eigenvalue weighted by Gasteiger charge is 2.39. The van der Waals surface area contributed by atoms with Gasteiger partial charge in [-0.1, -0.05) is 23.7 Å². The summed E-state index contributed by atoms with van der Waals surface area (Å²) >= 11 is 5.88. The summed E-state index contributed by atoms with van der Waals surface area (Å²) in [4.78, 5) is 17.7. The number of anilines is 1. The molecule has 1 amide bonds. The first-order valence-corrected chi connectivity index (χ1v) is 12.7. The van der Waals surface area contributed by atoms with Gasteiger partial charge in [0.05, 0.1) is 4.90 Å². The van der Waals surface area contributed by atoms with Crippen LogP contribution < -0.4 is 10.2 Å². The molecule has 9 heteroatoms. The molecule has 0 radical (unpaired) electrons. The van der Waals surface area contributed by atoms with Gasteiger partial charge in [0.2, 0.25) is 15.9 Å². The Labute approximate surface area is 195 Å². The molecule has 4 rings (SSSR count). The number of piperazine rings is 1. The zero-order valence-corrected chi connectivity index (χ0v) is 19.8. The van der Waals surface area contributed by atoms with Crippen LogP contribution in [-0.4, -0.2) is 69.3 Å². The Hall–Kier alpha value is -2.13. The van der Waals surface area contributed by atoms with Crippen molar-refractivity contribution < 1.29 is 13.2 Å². The minimum atomic E-state index is -3.75. The molecule has 32 heavy (non-hydrogen) atoms. The smallest absolute Gasteiger partial charge is 0.243 e. The van der Waals surface area contributed by atoms with Crippen molar-refractivity contribution >= 4 is 33.2 Å². The quantitative estimate of drug-likeness (QED) is 0.693. The maximum Gasteiger partial charge on any atom is 0.243 e. The van der Waals surface area contributed by atoms with E-state index in [9.17, 15) is 13.2 Å². The van der Waals surface area contributed by atoms with E-state index in [2.05, 4.69) is 34.3 Å². The first kappa shape index (κ1) is 23.0. The number of carbonyl (C=O) groups is 1. The van der Waals surface area contributed by atoms with Crippen LogP contribution >= 0.6 is 11.6 Å². The van der Waals surface area contributed by atoms with Crippen molar-refractivity contribution in [1.82, 2.24) is 14.5 Å². The number of rotatable bonds is 6. The molecule has 2 aromatic rings. The Balaban J connectivity index is 1.36. The van der Waals surface area contributed by atoms with E-state index >= 15 is 0 Å². The predicted molar refractivity (Wildman–Crippen MR) is 126 cm³/mol. The zero-order valence-electron chi connectivity index (χ0n) is 18.2. The Morgan fingerprint density at radius 2 is 1.66 bits per heavy atom. The first-order valence-electron chi connectivity index (χ1n) is 10.9. The van der Waals surface area contributed by atoms with Crippen LogP contribution in [-0.2, 0) is 21.4 Å². The summed E-state index contributed by atoms with van der Waals surface area (Å²) in [6, 6.07) is 13.6. The average molecular weight is 477 g/mol. The number of sulfonamides is 1. The molecule has 0 saturated carbocycles. The molecule has 2 aliphatic heterocycles. The highest BCUT2D eigenvalue weighted by Crippen LogP contribution is 2.27. The molecule has 2 saturated heterocycles. The molecule has 2 fully saturated rings. The molecule has 1 atom stereocenters. The summed E-state index contributed by atoms with van der Waals surface area (Å²) in [6.07, 6.45) is 1.17. The van der Waals surface area contributed by atoms with Crippen LogP contribution in [0.4, 0.5) is 5.69 Å². The van der Waals surface area contributed by atoms with E-state index in [-0.39, 0.29) is 10.8 Å². The van der Waals surface area contributed by atoms with Gasteiger partial charge < -0.3 is 15.1 Å². The highest BCUT2D eigenvalue weighted by molar-refractivity contribution is 7.89. The summed E-state index contributed by atoms with van der Waals surface area (Å²) < 4.78 is 27.4. The third kappa shape index (κ3) is 5.09. The van der Waals surface area contributed by atoms with Crippen LogP contribution in [0, 0.1) is 0 Å². The fraction of sp³-hybridized carbons (Fsp3) is 0.435. The normalized spacial score (nSPS) is 20.4. The molecular weight excluding hydrogens is 448 g/mol. The number of hydrogen-bond acceptors (Lipinski definition) is 5. The summed E-state index contributed by atoms with van der Waals surface area (Å²) in [7, 11) is -1.62. The number of nitrogens with zero attached hydrogens (tertiary/aromatic N) is 3. The van der Waals surface area contributed by atoms with E-state index in [4.69, 9.17) is 11.6 Å². The summed E-state index contributed by atoms with van der Waals surface area (Å²) in [5.74, 6) is -0.261. The fourth-order valence-corrected chi connectivity index (χ4v) is 6.01. The molecular formula is C23H29ClN4O3S. The molecule has 2 aromatic carbocycles. The summed E-state index contributed by atoms with van der Waals surface area (Å²) in [5.41, 5.74) is 2.17. The van der Waals surface area contributed by atoms with Gasteiger partial charge in [-0.2, -0.15) is 4.31 Å². The van der Waals surface area contributed by atoms with E-state index in [1.807, 2.05) is 12.1 Å². The van der Waals surface area contributed by atoms with E-state index < -0.39 is 16.1 Å². The van der Waals surface area contributed by atoms with Crippen LogP contribution in [0.3, 0.4) is 0 Å². The number of halogens is 1. The lowest BCUT2D eigenvalue weighted by Crippen LogP contribution is -2.45. The Morgan fingerprint density at radius 1 is 1.00 bits per heavy atom. The monoisotopic (exact) mass is 476 g/mol. The Bertz CT molecular complexity index is 1040. The van der Waals surface area contributed by atoms with Gasteiger partial charge in [-0.15, -0.1) is 0 Å². The Morgan fingerprint density at radius 3 is 2.31 bits per heavy atom. The second-order valence-electron chi connectivity index (χ2n) is 8.40. The molecule has 2 aliphatic rings. The summed E-state index contributed by atoms with van der Waals surface area (Å²) in [6.45, 7) is 4.82. The molecule has 1 N–H and O–H groups in total. The zero-order chi connectivity index (χ0) is 22.7. The first-order chi connectivity index (χ1) is 15.3. The lowest BCUT2D eigenvalue weighted by atomic mass is 10.1. The maximum absolute atomic E-state index is 13.0. The molecule has 172 valence electrons. The molecule has 0 spiro atoms. The second kappa shape index (κ2) is 9.79. The van der Waals surface area contributed by atoms with E-state index in [1.165, 1.54) is 22.1 Å². The number of carbonyl (C=O) groups excluding carboxylic acids is 1. The van der Waals surface area contributed by atoms with Crippen molar-refractivity contribution in [3.8, 4) is 0 Å². The number of likely N-dealkylation sites (N-methyl/N-ethyl adjacent to an activating group) is 1. The fourth-order valence-electron chi connectivity index (χ4n) is 4.23. The lowest BCUT2D eigenvalue weighted by molar-refractivity contribution is -0.124. The minimum absolute atomic E-state index is 0.154. The molecule has 2 heterocycles. The third-order valence-corrected chi connectivity index (χ3v) is 8.37. The SMILES string of the molecule is CN1CCN(c2ccc(CNC(=O)[C@@H]3CCCN3S(=O)(=O)c3ccc(Cl)cc3)cc2)CC1. The molecule has 0 aliphatic carbocycles. The van der Waals surface area contributed by atoms with Crippen molar-refractivity contribution in [3.05, 3.63) is 59.1 Å². The van der Waals surface area contributed by atoms with Gasteiger partial charge in [0.1, 0.15) is 6.04 Å². The number of benzene rings is 2. The van der Waals surface area contributed by atoms with Gasteiger partial charge in [-0.3, -0.25) is 4.79 Å². The van der Waals surface area contributed by atoms with Crippen molar-refractivity contribution in [2.24, 2.45) is 0 Å². The van der Waals surface area contributed by atoms with Crippen LogP contribution in [0.25, 0.3) is 0 Å². The van der Waals surface area contributed by atoms with Gasteiger partial charge in [-0.25, -0.2) is 8.42 Å². The third-order valence-electron chi connectivity index (χ3n) is 6.20. The number of amides is 1. The minimum Gasteiger partial charge on any atom is -0.369 e. The maximum atomic E-state index is 13.0. The van der Waals surface area contributed by atoms with Gasteiger partial charge in [0, 0.05) is 50.0 Å². The molecule has 0 unspecified atom stereocenters. The standard InChI is InChI=1S/C23H29ClN4O3S/c1-26-13-15-27(16-14-26)20-8-4-18(5-9-20)17-25-23(29)22-3-2-12-28(22)32(30,31)21-10-6-19(24)7-11-21/h4-11,22H,2-3,12-17H2,1H3,(H,25,29)/t22-/m0/s1. The number of nitrogens with one attached hydrogen (secondary N) is 1. The highest BCUT2D eigenvalue weighted by atomic mass is 35.5. The molecule has 0 bridgehead atoms.